The highest BCUT2D eigenvalue weighted by Gasteiger charge is 2.22. The van der Waals surface area contributed by atoms with Crippen LogP contribution in [0.5, 0.6) is 0 Å². The van der Waals surface area contributed by atoms with Gasteiger partial charge in [0.1, 0.15) is 0 Å². The number of hydrogen-bond acceptors (Lipinski definition) is 6. The minimum atomic E-state index is -1.24. The van der Waals surface area contributed by atoms with Gasteiger partial charge in [-0.3, -0.25) is 24.7 Å². The predicted molar refractivity (Wildman–Crippen MR) is 208 cm³/mol. The molecule has 8 nitrogen and oxygen atoms in total. The number of carbonyl (C=O) groups excluding carboxylic acids is 1. The van der Waals surface area contributed by atoms with Crippen molar-refractivity contribution in [3.05, 3.63) is 136 Å². The molecule has 52 heavy (non-hydrogen) atoms. The molecule has 0 aliphatic heterocycles. The van der Waals surface area contributed by atoms with Crippen molar-refractivity contribution in [2.45, 2.75) is 52.4 Å². The van der Waals surface area contributed by atoms with Gasteiger partial charge in [0.25, 0.3) is 5.91 Å². The summed E-state index contributed by atoms with van der Waals surface area (Å²) in [6.45, 7) is 12.6. The first-order valence-electron chi connectivity index (χ1n) is 16.6. The Morgan fingerprint density at radius 3 is 1.62 bits per heavy atom. The number of aromatic nitrogens is 4. The lowest BCUT2D eigenvalue weighted by Crippen LogP contribution is -2.15. The molecule has 0 saturated carbocycles. The van der Waals surface area contributed by atoms with Gasteiger partial charge in [0, 0.05) is 103 Å². The normalized spacial score (nSPS) is 11.7. The van der Waals surface area contributed by atoms with Crippen LogP contribution in [0.3, 0.4) is 0 Å². The van der Waals surface area contributed by atoms with Crippen LogP contribution in [-0.4, -0.2) is 36.9 Å². The lowest BCUT2D eigenvalue weighted by atomic mass is 9.90. The summed E-state index contributed by atoms with van der Waals surface area (Å²) in [5.41, 5.74) is 7.89. The third-order valence-electron chi connectivity index (χ3n) is 8.66. The van der Waals surface area contributed by atoms with Gasteiger partial charge in [-0.25, -0.2) is 4.79 Å². The minimum Gasteiger partial charge on any atom is -0.478 e. The zero-order chi connectivity index (χ0) is 37.4. The Balaban J connectivity index is 1.29. The van der Waals surface area contributed by atoms with Gasteiger partial charge in [0.05, 0.1) is 16.3 Å². The highest BCUT2D eigenvalue weighted by molar-refractivity contribution is 6.38. The Labute approximate surface area is 313 Å². The third kappa shape index (κ3) is 7.73. The predicted octanol–water partition coefficient (Wildman–Crippen LogP) is 10.8. The summed E-state index contributed by atoms with van der Waals surface area (Å²) in [5.74, 6) is -1.82. The molecular formula is C42H37Cl2N5O3. The van der Waals surface area contributed by atoms with Crippen LogP contribution in [0, 0.1) is 0 Å². The van der Waals surface area contributed by atoms with Gasteiger partial charge in [0.2, 0.25) is 0 Å². The second-order valence-corrected chi connectivity index (χ2v) is 15.4. The molecule has 10 heteroatoms. The smallest absolute Gasteiger partial charge is 0.337 e. The average Bonchev–Trinajstić information content (AvgIpc) is 3.11. The first-order valence-corrected chi connectivity index (χ1v) is 17.4. The van der Waals surface area contributed by atoms with E-state index in [4.69, 9.17) is 23.2 Å². The Morgan fingerprint density at radius 1 is 0.615 bits per heavy atom. The number of carboxylic acid groups (broad SMARTS) is 1. The molecule has 0 saturated heterocycles. The monoisotopic (exact) mass is 729 g/mol. The van der Waals surface area contributed by atoms with E-state index in [-0.39, 0.29) is 32.7 Å². The number of rotatable bonds is 7. The van der Waals surface area contributed by atoms with Gasteiger partial charge in [-0.1, -0.05) is 76.9 Å². The van der Waals surface area contributed by atoms with Crippen LogP contribution in [0.25, 0.3) is 44.5 Å². The van der Waals surface area contributed by atoms with Crippen molar-refractivity contribution in [3.63, 3.8) is 0 Å². The standard InChI is InChI=1S/C42H37Cl2N5O3/c1-41(2,3)35-18-24(11-13-47-35)27-15-29(22-45-20-27)31-8-7-26(17-34(31)43)39(50)49-38-33(40(51)52)10-9-32(37(38)44)30-16-28(21-46-23-30)25-12-14-48-36(19-25)42(4,5)6/h7-23H,1-6H3,(H,49,50)(H,51,52). The Morgan fingerprint density at radius 2 is 1.12 bits per heavy atom. The second-order valence-electron chi connectivity index (χ2n) is 14.6. The summed E-state index contributed by atoms with van der Waals surface area (Å²) in [5, 5.41) is 13.1. The Hall–Kier alpha value is -5.44. The molecule has 0 atom stereocenters. The van der Waals surface area contributed by atoms with Crippen LogP contribution in [0.15, 0.2) is 104 Å². The van der Waals surface area contributed by atoms with Crippen LogP contribution in [0.4, 0.5) is 5.69 Å². The van der Waals surface area contributed by atoms with E-state index in [1.807, 2.05) is 30.3 Å². The SMILES string of the molecule is CC(C)(C)c1cc(-c2cncc(-c3ccc(C(=O)Nc4c(C(=O)O)ccc(-c5cncc(-c6ccnc(C(C)(C)C)c6)c5)c4Cl)cc3Cl)c2)ccn1. The summed E-state index contributed by atoms with van der Waals surface area (Å²) >= 11 is 13.7. The minimum absolute atomic E-state index is 0.0370. The number of halogens is 2. The first-order chi connectivity index (χ1) is 24.6. The van der Waals surface area contributed by atoms with Gasteiger partial charge in [-0.05, 0) is 65.7 Å². The molecule has 0 radical (unpaired) electrons. The quantitative estimate of drug-likeness (QED) is 0.168. The lowest BCUT2D eigenvalue weighted by Gasteiger charge is -2.18. The summed E-state index contributed by atoms with van der Waals surface area (Å²) in [6.07, 6.45) is 10.4. The molecule has 1 amide bonds. The molecule has 0 unspecified atom stereocenters. The van der Waals surface area contributed by atoms with Gasteiger partial charge < -0.3 is 10.4 Å². The number of amides is 1. The summed E-state index contributed by atoms with van der Waals surface area (Å²) in [4.78, 5) is 43.9. The zero-order valence-corrected chi connectivity index (χ0v) is 31.1. The van der Waals surface area contributed by atoms with Crippen molar-refractivity contribution in [2.24, 2.45) is 0 Å². The van der Waals surface area contributed by atoms with Crippen LogP contribution in [0.1, 0.15) is 73.6 Å². The maximum absolute atomic E-state index is 13.6. The molecule has 262 valence electrons. The number of aromatic carboxylic acids is 1. The number of pyridine rings is 4. The van der Waals surface area contributed by atoms with Crippen molar-refractivity contribution in [2.75, 3.05) is 5.32 Å². The molecule has 2 aromatic carbocycles. The molecule has 4 heterocycles. The second kappa shape index (κ2) is 14.3. The highest BCUT2D eigenvalue weighted by atomic mass is 35.5. The van der Waals surface area contributed by atoms with E-state index in [1.165, 1.54) is 12.1 Å². The highest BCUT2D eigenvalue weighted by Crippen LogP contribution is 2.39. The summed E-state index contributed by atoms with van der Waals surface area (Å²) in [6, 6.07) is 19.8. The molecular weight excluding hydrogens is 693 g/mol. The topological polar surface area (TPSA) is 118 Å². The van der Waals surface area contributed by atoms with Crippen molar-refractivity contribution in [1.82, 2.24) is 19.9 Å². The van der Waals surface area contributed by atoms with Gasteiger partial charge >= 0.3 is 5.97 Å². The van der Waals surface area contributed by atoms with Crippen molar-refractivity contribution < 1.29 is 14.7 Å². The fraction of sp³-hybridized carbons (Fsp3) is 0.190. The molecule has 0 aliphatic carbocycles. The number of nitrogens with one attached hydrogen (secondary N) is 1. The fourth-order valence-electron chi connectivity index (χ4n) is 5.71. The summed E-state index contributed by atoms with van der Waals surface area (Å²) in [7, 11) is 0. The number of anilines is 1. The third-order valence-corrected chi connectivity index (χ3v) is 9.37. The van der Waals surface area contributed by atoms with E-state index in [0.29, 0.717) is 21.7 Å². The van der Waals surface area contributed by atoms with E-state index in [0.717, 1.165) is 39.2 Å². The van der Waals surface area contributed by atoms with E-state index in [1.54, 1.807) is 55.4 Å². The molecule has 0 spiro atoms. The first kappa shape index (κ1) is 36.4. The lowest BCUT2D eigenvalue weighted by molar-refractivity contribution is 0.0698. The van der Waals surface area contributed by atoms with Crippen LogP contribution < -0.4 is 5.32 Å². The van der Waals surface area contributed by atoms with Crippen LogP contribution in [-0.2, 0) is 10.8 Å². The van der Waals surface area contributed by atoms with E-state index in [2.05, 4.69) is 72.9 Å². The number of nitrogens with zero attached hydrogens (tertiary/aromatic N) is 4. The number of carboxylic acids is 1. The Kier molecular flexibility index (Phi) is 9.99. The number of benzene rings is 2. The molecule has 2 N–H and O–H groups in total. The number of carbonyl (C=O) groups is 2. The maximum atomic E-state index is 13.6. The molecule has 4 aromatic heterocycles. The average molecular weight is 731 g/mol. The van der Waals surface area contributed by atoms with E-state index < -0.39 is 11.9 Å². The van der Waals surface area contributed by atoms with Crippen molar-refractivity contribution >= 4 is 40.8 Å². The van der Waals surface area contributed by atoms with E-state index in [9.17, 15) is 14.7 Å². The molecule has 0 fully saturated rings. The molecule has 6 rings (SSSR count). The van der Waals surface area contributed by atoms with E-state index >= 15 is 0 Å². The van der Waals surface area contributed by atoms with Crippen molar-refractivity contribution in [1.29, 1.82) is 0 Å². The summed E-state index contributed by atoms with van der Waals surface area (Å²) < 4.78 is 0. The zero-order valence-electron chi connectivity index (χ0n) is 29.6. The van der Waals surface area contributed by atoms with Crippen molar-refractivity contribution in [3.8, 4) is 44.5 Å². The van der Waals surface area contributed by atoms with Gasteiger partial charge in [-0.15, -0.1) is 0 Å². The largest absolute Gasteiger partial charge is 0.478 e. The maximum Gasteiger partial charge on any atom is 0.337 e. The van der Waals surface area contributed by atoms with Gasteiger partial charge in [0.15, 0.2) is 0 Å². The molecule has 6 aromatic rings. The molecule has 0 bridgehead atoms. The van der Waals surface area contributed by atoms with Crippen LogP contribution in [0.2, 0.25) is 10.0 Å². The van der Waals surface area contributed by atoms with Crippen LogP contribution >= 0.6 is 23.2 Å². The number of hydrogen-bond donors (Lipinski definition) is 2. The molecule has 0 aliphatic rings. The van der Waals surface area contributed by atoms with Gasteiger partial charge in [-0.2, -0.15) is 0 Å². The fourth-order valence-corrected chi connectivity index (χ4v) is 6.32. The Bertz CT molecular complexity index is 2340.